The molecule has 0 unspecified atom stereocenters. The largest absolute Gasteiger partial charge is 0.378 e. The summed E-state index contributed by atoms with van der Waals surface area (Å²) in [6, 6.07) is 6.27. The number of thioether (sulfide) groups is 1. The minimum absolute atomic E-state index is 0.00929. The monoisotopic (exact) mass is 429 g/mol. The first-order chi connectivity index (χ1) is 14.5. The Balaban J connectivity index is 1.45. The Hall–Kier alpha value is -2.06. The van der Waals surface area contributed by atoms with Crippen LogP contribution in [0.1, 0.15) is 38.3 Å². The van der Waals surface area contributed by atoms with Crippen LogP contribution in [0.4, 0.5) is 11.6 Å². The van der Waals surface area contributed by atoms with Gasteiger partial charge in [0, 0.05) is 25.3 Å². The highest BCUT2D eigenvalue weighted by Gasteiger charge is 2.24. The van der Waals surface area contributed by atoms with Gasteiger partial charge in [-0.25, -0.2) is 0 Å². The van der Waals surface area contributed by atoms with Crippen molar-refractivity contribution in [3.05, 3.63) is 29.3 Å². The lowest BCUT2D eigenvalue weighted by Crippen LogP contribution is -2.38. The molecule has 1 amide bonds. The fourth-order valence-corrected chi connectivity index (χ4v) is 4.85. The van der Waals surface area contributed by atoms with Gasteiger partial charge in [0.05, 0.1) is 18.5 Å². The second kappa shape index (κ2) is 9.39. The van der Waals surface area contributed by atoms with Crippen LogP contribution in [0, 0.1) is 5.92 Å². The first kappa shape index (κ1) is 21.2. The van der Waals surface area contributed by atoms with Gasteiger partial charge in [-0.15, -0.1) is 10.2 Å². The van der Waals surface area contributed by atoms with Crippen molar-refractivity contribution in [1.29, 1.82) is 0 Å². The summed E-state index contributed by atoms with van der Waals surface area (Å²) in [6.45, 7) is 10.2. The highest BCUT2D eigenvalue weighted by Crippen LogP contribution is 2.29. The Bertz CT molecular complexity index is 892. The fourth-order valence-electron chi connectivity index (χ4n) is 4.00. The first-order valence-corrected chi connectivity index (χ1v) is 11.7. The summed E-state index contributed by atoms with van der Waals surface area (Å²) < 4.78 is 7.62. The van der Waals surface area contributed by atoms with Crippen LogP contribution in [0.25, 0.3) is 0 Å². The van der Waals surface area contributed by atoms with Gasteiger partial charge in [0.1, 0.15) is 0 Å². The summed E-state index contributed by atoms with van der Waals surface area (Å²) >= 11 is 1.47. The van der Waals surface area contributed by atoms with Crippen LogP contribution in [0.15, 0.2) is 23.4 Å². The Morgan fingerprint density at radius 1 is 1.17 bits per heavy atom. The van der Waals surface area contributed by atoms with Crippen LogP contribution in [0.5, 0.6) is 0 Å². The Labute approximate surface area is 182 Å². The van der Waals surface area contributed by atoms with E-state index in [1.54, 1.807) is 0 Å². The van der Waals surface area contributed by atoms with E-state index >= 15 is 0 Å². The number of aromatic nitrogens is 3. The van der Waals surface area contributed by atoms with E-state index in [0.29, 0.717) is 19.1 Å². The van der Waals surface area contributed by atoms with Gasteiger partial charge in [0.2, 0.25) is 11.9 Å². The zero-order valence-corrected chi connectivity index (χ0v) is 18.9. The van der Waals surface area contributed by atoms with Crippen molar-refractivity contribution in [3.63, 3.8) is 0 Å². The predicted octanol–water partition coefficient (Wildman–Crippen LogP) is 3.38. The highest BCUT2D eigenvalue weighted by atomic mass is 32.2. The molecule has 1 atom stereocenters. The number of anilines is 2. The zero-order valence-electron chi connectivity index (χ0n) is 18.1. The summed E-state index contributed by atoms with van der Waals surface area (Å²) in [5, 5.41) is 12.5. The SMILES string of the molecule is CC(C)Cn1c(S[C@@H](C)C(=O)Nc2ccc3c(c2)CCC3)nnc1N1CCOCC1. The van der Waals surface area contributed by atoms with Crippen molar-refractivity contribution < 1.29 is 9.53 Å². The number of nitrogens with one attached hydrogen (secondary N) is 1. The molecule has 2 heterocycles. The number of nitrogens with zero attached hydrogens (tertiary/aromatic N) is 4. The molecule has 2 aromatic rings. The molecule has 1 aromatic carbocycles. The molecule has 4 rings (SSSR count). The third-order valence-corrected chi connectivity index (χ3v) is 6.64. The predicted molar refractivity (Wildman–Crippen MR) is 120 cm³/mol. The van der Waals surface area contributed by atoms with Crippen LogP contribution in [0.2, 0.25) is 0 Å². The summed E-state index contributed by atoms with van der Waals surface area (Å²) in [4.78, 5) is 15.1. The molecule has 1 aliphatic carbocycles. The Morgan fingerprint density at radius 3 is 2.70 bits per heavy atom. The molecule has 30 heavy (non-hydrogen) atoms. The van der Waals surface area contributed by atoms with Crippen molar-refractivity contribution in [2.75, 3.05) is 36.5 Å². The van der Waals surface area contributed by atoms with E-state index in [9.17, 15) is 4.79 Å². The summed E-state index contributed by atoms with van der Waals surface area (Å²) in [5.74, 6) is 1.32. The average molecular weight is 430 g/mol. The number of carbonyl (C=O) groups is 1. The van der Waals surface area contributed by atoms with E-state index in [1.165, 1.54) is 29.3 Å². The van der Waals surface area contributed by atoms with Crippen LogP contribution < -0.4 is 10.2 Å². The molecule has 0 bridgehead atoms. The molecule has 7 nitrogen and oxygen atoms in total. The molecular formula is C22H31N5O2S. The van der Waals surface area contributed by atoms with E-state index in [0.717, 1.165) is 49.3 Å². The second-order valence-electron chi connectivity index (χ2n) is 8.47. The van der Waals surface area contributed by atoms with Crippen molar-refractivity contribution in [1.82, 2.24) is 14.8 Å². The quantitative estimate of drug-likeness (QED) is 0.681. The molecule has 2 aliphatic rings. The van der Waals surface area contributed by atoms with Gasteiger partial charge in [0.15, 0.2) is 5.16 Å². The fraction of sp³-hybridized carbons (Fsp3) is 0.591. The van der Waals surface area contributed by atoms with Crippen LogP contribution in [-0.2, 0) is 28.9 Å². The molecule has 8 heteroatoms. The Kier molecular flexibility index (Phi) is 6.63. The topological polar surface area (TPSA) is 72.3 Å². The maximum Gasteiger partial charge on any atom is 0.237 e. The number of hydrogen-bond acceptors (Lipinski definition) is 6. The van der Waals surface area contributed by atoms with Crippen molar-refractivity contribution in [2.45, 2.75) is 57.0 Å². The Morgan fingerprint density at radius 2 is 1.93 bits per heavy atom. The van der Waals surface area contributed by atoms with Crippen molar-refractivity contribution >= 4 is 29.3 Å². The van der Waals surface area contributed by atoms with E-state index in [-0.39, 0.29) is 11.2 Å². The third kappa shape index (κ3) is 4.81. The minimum Gasteiger partial charge on any atom is -0.378 e. The number of aryl methyl sites for hydroxylation is 2. The summed E-state index contributed by atoms with van der Waals surface area (Å²) in [5.41, 5.74) is 3.65. The molecular weight excluding hydrogens is 398 g/mol. The number of ether oxygens (including phenoxy) is 1. The van der Waals surface area contributed by atoms with Crippen LogP contribution in [0.3, 0.4) is 0 Å². The zero-order chi connectivity index (χ0) is 21.1. The number of rotatable bonds is 7. The first-order valence-electron chi connectivity index (χ1n) is 10.9. The number of hydrogen-bond donors (Lipinski definition) is 1. The molecule has 0 saturated carbocycles. The minimum atomic E-state index is -0.272. The smallest absolute Gasteiger partial charge is 0.237 e. The summed E-state index contributed by atoms with van der Waals surface area (Å²) in [7, 11) is 0. The number of fused-ring (bicyclic) bond motifs is 1. The molecule has 0 radical (unpaired) electrons. The van der Waals surface area contributed by atoms with Gasteiger partial charge in [0.25, 0.3) is 0 Å². The van der Waals surface area contributed by atoms with Crippen LogP contribution in [-0.4, -0.2) is 52.2 Å². The molecule has 1 saturated heterocycles. The molecule has 162 valence electrons. The maximum absolute atomic E-state index is 12.8. The van der Waals surface area contributed by atoms with E-state index < -0.39 is 0 Å². The lowest BCUT2D eigenvalue weighted by Gasteiger charge is -2.28. The second-order valence-corrected chi connectivity index (χ2v) is 9.78. The molecule has 1 N–H and O–H groups in total. The van der Waals surface area contributed by atoms with E-state index in [2.05, 4.69) is 51.0 Å². The van der Waals surface area contributed by atoms with Crippen LogP contribution >= 0.6 is 11.8 Å². The number of morpholine rings is 1. The maximum atomic E-state index is 12.8. The lowest BCUT2D eigenvalue weighted by atomic mass is 10.1. The molecule has 0 spiro atoms. The van der Waals surface area contributed by atoms with E-state index in [1.807, 2.05) is 13.0 Å². The van der Waals surface area contributed by atoms with Gasteiger partial charge in [-0.2, -0.15) is 0 Å². The van der Waals surface area contributed by atoms with Gasteiger partial charge in [-0.1, -0.05) is 31.7 Å². The standard InChI is InChI=1S/C22H31N5O2S/c1-15(2)14-27-21(26-9-11-29-12-10-26)24-25-22(27)30-16(3)20(28)23-19-8-7-17-5-4-6-18(17)13-19/h7-8,13,15-16H,4-6,9-12,14H2,1-3H3,(H,23,28)/t16-/m0/s1. The number of benzene rings is 1. The highest BCUT2D eigenvalue weighted by molar-refractivity contribution is 8.00. The van der Waals surface area contributed by atoms with Crippen molar-refractivity contribution in [3.8, 4) is 0 Å². The normalized spacial score (nSPS) is 17.3. The van der Waals surface area contributed by atoms with Crippen molar-refractivity contribution in [2.24, 2.45) is 5.92 Å². The molecule has 1 aromatic heterocycles. The number of amides is 1. The summed E-state index contributed by atoms with van der Waals surface area (Å²) in [6.07, 6.45) is 3.45. The van der Waals surface area contributed by atoms with E-state index in [4.69, 9.17) is 4.74 Å². The van der Waals surface area contributed by atoms with Gasteiger partial charge in [-0.05, 0) is 55.4 Å². The average Bonchev–Trinajstić information content (AvgIpc) is 3.35. The third-order valence-electron chi connectivity index (χ3n) is 5.56. The molecule has 1 fully saturated rings. The number of carbonyl (C=O) groups excluding carboxylic acids is 1. The molecule has 1 aliphatic heterocycles. The lowest BCUT2D eigenvalue weighted by molar-refractivity contribution is -0.115. The van der Waals surface area contributed by atoms with Gasteiger partial charge >= 0.3 is 0 Å². The van der Waals surface area contributed by atoms with Gasteiger partial charge in [-0.3, -0.25) is 9.36 Å². The van der Waals surface area contributed by atoms with Gasteiger partial charge < -0.3 is 15.0 Å².